The molecule has 1 aliphatic carbocycles. The molecule has 1 unspecified atom stereocenters. The Kier molecular flexibility index (Phi) is 5.16. The Morgan fingerprint density at radius 2 is 1.82 bits per heavy atom. The number of halogens is 6. The van der Waals surface area contributed by atoms with Crippen molar-refractivity contribution in [2.45, 2.75) is 37.3 Å². The average Bonchev–Trinajstić information content (AvgIpc) is 2.36. The number of amides is 2. The Bertz CT molecular complexity index is 467. The number of alkyl halides is 6. The minimum atomic E-state index is -5.92. The van der Waals surface area contributed by atoms with Crippen LogP contribution >= 0.6 is 0 Å². The second-order valence-electron chi connectivity index (χ2n) is 4.57. The van der Waals surface area contributed by atoms with E-state index in [1.165, 1.54) is 0 Å². The van der Waals surface area contributed by atoms with Crippen LogP contribution in [0.15, 0.2) is 23.8 Å². The van der Waals surface area contributed by atoms with Crippen molar-refractivity contribution in [2.75, 3.05) is 6.54 Å². The maximum atomic E-state index is 12.7. The molecule has 0 saturated heterocycles. The van der Waals surface area contributed by atoms with Gasteiger partial charge < -0.3 is 15.7 Å². The summed E-state index contributed by atoms with van der Waals surface area (Å²) in [6, 6.07) is -1.36. The maximum absolute atomic E-state index is 12.7. The fourth-order valence-corrected chi connectivity index (χ4v) is 1.86. The summed E-state index contributed by atoms with van der Waals surface area (Å²) in [5.41, 5.74) is -6.26. The van der Waals surface area contributed by atoms with E-state index in [0.717, 1.165) is 6.08 Å². The Labute approximate surface area is 121 Å². The van der Waals surface area contributed by atoms with E-state index >= 15 is 0 Å². The van der Waals surface area contributed by atoms with E-state index in [9.17, 15) is 36.2 Å². The van der Waals surface area contributed by atoms with Crippen LogP contribution in [0.1, 0.15) is 13.3 Å². The number of carbonyl (C=O) groups excluding carboxylic acids is 1. The van der Waals surface area contributed by atoms with Crippen molar-refractivity contribution in [1.29, 1.82) is 0 Å². The number of carbonyl (C=O) groups is 1. The number of rotatable bonds is 3. The van der Waals surface area contributed by atoms with Crippen molar-refractivity contribution < 1.29 is 36.2 Å². The van der Waals surface area contributed by atoms with E-state index < -0.39 is 35.6 Å². The standard InChI is InChI=1S/C12H14F6N2O2/c1-2-19-9(21)20-8-5-3-7(4-6-8)10(22,11(13,14)15)12(16,17)18/h3-5,8,22H,2,6H2,1H3,(H2,19,20,21). The average molecular weight is 332 g/mol. The van der Waals surface area contributed by atoms with Crippen LogP contribution in [0.4, 0.5) is 31.1 Å². The van der Waals surface area contributed by atoms with Crippen LogP contribution in [0.25, 0.3) is 0 Å². The van der Waals surface area contributed by atoms with Crippen LogP contribution in [0.5, 0.6) is 0 Å². The number of nitrogens with one attached hydrogen (secondary N) is 2. The highest BCUT2D eigenvalue weighted by atomic mass is 19.4. The summed E-state index contributed by atoms with van der Waals surface area (Å²) in [5, 5.41) is 13.9. The van der Waals surface area contributed by atoms with Gasteiger partial charge in [-0.25, -0.2) is 4.79 Å². The van der Waals surface area contributed by atoms with Crippen molar-refractivity contribution in [3.05, 3.63) is 23.8 Å². The molecule has 4 nitrogen and oxygen atoms in total. The number of hydrogen-bond acceptors (Lipinski definition) is 2. The predicted octanol–water partition coefficient (Wildman–Crippen LogP) is 2.42. The lowest BCUT2D eigenvalue weighted by molar-refractivity contribution is -0.351. The molecule has 1 aliphatic rings. The molecular formula is C12H14F6N2O2. The minimum Gasteiger partial charge on any atom is -0.370 e. The first-order chi connectivity index (χ1) is 9.93. The largest absolute Gasteiger partial charge is 0.430 e. The van der Waals surface area contributed by atoms with Crippen molar-refractivity contribution in [1.82, 2.24) is 10.6 Å². The smallest absolute Gasteiger partial charge is 0.370 e. The molecular weight excluding hydrogens is 318 g/mol. The Hall–Kier alpha value is -1.71. The van der Waals surface area contributed by atoms with Crippen LogP contribution in [0.2, 0.25) is 0 Å². The molecule has 0 heterocycles. The van der Waals surface area contributed by atoms with Gasteiger partial charge in [0.05, 0.1) is 6.04 Å². The highest BCUT2D eigenvalue weighted by Gasteiger charge is 2.71. The van der Waals surface area contributed by atoms with Crippen LogP contribution in [-0.2, 0) is 0 Å². The molecule has 0 aromatic carbocycles. The van der Waals surface area contributed by atoms with Crippen molar-refractivity contribution in [3.63, 3.8) is 0 Å². The van der Waals surface area contributed by atoms with E-state index in [1.807, 2.05) is 0 Å². The van der Waals surface area contributed by atoms with Crippen LogP contribution in [0.3, 0.4) is 0 Å². The van der Waals surface area contributed by atoms with E-state index in [4.69, 9.17) is 0 Å². The first-order valence-corrected chi connectivity index (χ1v) is 6.22. The molecule has 1 atom stereocenters. The lowest BCUT2D eigenvalue weighted by atomic mass is 9.87. The number of aliphatic hydroxyl groups is 1. The van der Waals surface area contributed by atoms with Crippen molar-refractivity contribution >= 4 is 6.03 Å². The first kappa shape index (κ1) is 18.3. The zero-order valence-electron chi connectivity index (χ0n) is 11.3. The van der Waals surface area contributed by atoms with Crippen LogP contribution in [0, 0.1) is 0 Å². The highest BCUT2D eigenvalue weighted by molar-refractivity contribution is 5.74. The fourth-order valence-electron chi connectivity index (χ4n) is 1.86. The lowest BCUT2D eigenvalue weighted by Crippen LogP contribution is -2.58. The molecule has 22 heavy (non-hydrogen) atoms. The number of hydrogen-bond donors (Lipinski definition) is 3. The number of urea groups is 1. The van der Waals surface area contributed by atoms with Gasteiger partial charge in [0.25, 0.3) is 5.60 Å². The molecule has 0 spiro atoms. The molecule has 2 amide bonds. The van der Waals surface area contributed by atoms with E-state index in [-0.39, 0.29) is 6.42 Å². The minimum absolute atomic E-state index is 0.308. The van der Waals surface area contributed by atoms with Gasteiger partial charge in [-0.2, -0.15) is 26.3 Å². The Balaban J connectivity index is 2.94. The molecule has 0 aromatic rings. The third-order valence-electron chi connectivity index (χ3n) is 2.99. The molecule has 0 radical (unpaired) electrons. The van der Waals surface area contributed by atoms with Crippen molar-refractivity contribution in [3.8, 4) is 0 Å². The molecule has 0 bridgehead atoms. The SMILES string of the molecule is CCNC(=O)NC1C=CC(C(O)(C(F)(F)F)C(F)(F)F)=CC1. The van der Waals surface area contributed by atoms with Gasteiger partial charge in [0.1, 0.15) is 0 Å². The predicted molar refractivity (Wildman–Crippen MR) is 64.9 cm³/mol. The van der Waals surface area contributed by atoms with E-state index in [1.54, 1.807) is 6.92 Å². The van der Waals surface area contributed by atoms with Gasteiger partial charge in [-0.3, -0.25) is 0 Å². The Morgan fingerprint density at radius 1 is 1.27 bits per heavy atom. The van der Waals surface area contributed by atoms with E-state index in [0.29, 0.717) is 18.7 Å². The third kappa shape index (κ3) is 3.54. The van der Waals surface area contributed by atoms with Crippen molar-refractivity contribution in [2.24, 2.45) is 0 Å². The molecule has 0 fully saturated rings. The Morgan fingerprint density at radius 3 is 2.18 bits per heavy atom. The van der Waals surface area contributed by atoms with Gasteiger partial charge in [0.15, 0.2) is 0 Å². The van der Waals surface area contributed by atoms with Gasteiger partial charge in [-0.05, 0) is 18.9 Å². The quantitative estimate of drug-likeness (QED) is 0.695. The topological polar surface area (TPSA) is 61.4 Å². The zero-order valence-corrected chi connectivity index (χ0v) is 11.3. The third-order valence-corrected chi connectivity index (χ3v) is 2.99. The summed E-state index contributed by atoms with van der Waals surface area (Å²) in [6.07, 6.45) is -10.0. The summed E-state index contributed by atoms with van der Waals surface area (Å²) in [7, 11) is 0. The normalized spacial score (nSPS) is 19.6. The fraction of sp³-hybridized carbons (Fsp3) is 0.583. The summed E-state index contributed by atoms with van der Waals surface area (Å²) < 4.78 is 76.0. The summed E-state index contributed by atoms with van der Waals surface area (Å²) in [4.78, 5) is 11.2. The summed E-state index contributed by atoms with van der Waals surface area (Å²) in [5.74, 6) is 0. The van der Waals surface area contributed by atoms with Gasteiger partial charge >= 0.3 is 18.4 Å². The van der Waals surface area contributed by atoms with Gasteiger partial charge in [-0.15, -0.1) is 0 Å². The van der Waals surface area contributed by atoms with Gasteiger partial charge in [0.2, 0.25) is 0 Å². The molecule has 10 heteroatoms. The molecule has 0 aliphatic heterocycles. The lowest BCUT2D eigenvalue weighted by Gasteiger charge is -2.34. The molecule has 126 valence electrons. The second-order valence-corrected chi connectivity index (χ2v) is 4.57. The summed E-state index contributed by atoms with van der Waals surface area (Å²) >= 11 is 0. The second kappa shape index (κ2) is 6.19. The first-order valence-electron chi connectivity index (χ1n) is 6.22. The van der Waals surface area contributed by atoms with Crippen LogP contribution < -0.4 is 10.6 Å². The summed E-state index contributed by atoms with van der Waals surface area (Å²) in [6.45, 7) is 1.95. The van der Waals surface area contributed by atoms with Gasteiger partial charge in [-0.1, -0.05) is 18.2 Å². The maximum Gasteiger partial charge on any atom is 0.430 e. The molecule has 3 N–H and O–H groups in total. The zero-order chi connectivity index (χ0) is 17.2. The molecule has 1 rings (SSSR count). The highest BCUT2D eigenvalue weighted by Crippen LogP contribution is 2.48. The molecule has 0 aromatic heterocycles. The van der Waals surface area contributed by atoms with E-state index in [2.05, 4.69) is 10.6 Å². The molecule has 0 saturated carbocycles. The van der Waals surface area contributed by atoms with Crippen LogP contribution in [-0.4, -0.2) is 41.7 Å². The monoisotopic (exact) mass is 332 g/mol. The van der Waals surface area contributed by atoms with Gasteiger partial charge in [0, 0.05) is 6.54 Å².